The molecule has 0 aliphatic rings. The zero-order valence-corrected chi connectivity index (χ0v) is 13.8. The van der Waals surface area contributed by atoms with Crippen LogP contribution in [0, 0.1) is 0 Å². The lowest BCUT2D eigenvalue weighted by molar-refractivity contribution is 0.340. The Kier molecular flexibility index (Phi) is 5.28. The van der Waals surface area contributed by atoms with Crippen molar-refractivity contribution in [2.75, 3.05) is 11.9 Å². The monoisotopic (exact) mass is 383 g/mol. The van der Waals surface area contributed by atoms with Crippen molar-refractivity contribution in [2.24, 2.45) is 0 Å². The fourth-order valence-electron chi connectivity index (χ4n) is 1.74. The summed E-state index contributed by atoms with van der Waals surface area (Å²) in [6, 6.07) is 14.2. The molecule has 0 saturated heterocycles. The fourth-order valence-corrected chi connectivity index (χ4v) is 2.93. The van der Waals surface area contributed by atoms with Crippen molar-refractivity contribution >= 4 is 37.5 Å². The Morgan fingerprint density at radius 2 is 1.95 bits per heavy atom. The van der Waals surface area contributed by atoms with Crippen molar-refractivity contribution in [3.63, 3.8) is 0 Å². The number of halogens is 2. The molecule has 100 valence electrons. The molecule has 0 aliphatic heterocycles. The van der Waals surface area contributed by atoms with Crippen LogP contribution in [0.1, 0.15) is 12.5 Å². The van der Waals surface area contributed by atoms with Crippen LogP contribution in [-0.4, -0.2) is 6.61 Å². The Balaban J connectivity index is 2.03. The maximum atomic E-state index is 5.49. The van der Waals surface area contributed by atoms with E-state index in [-0.39, 0.29) is 0 Å². The van der Waals surface area contributed by atoms with Crippen molar-refractivity contribution in [3.8, 4) is 5.75 Å². The molecule has 0 heterocycles. The predicted molar refractivity (Wildman–Crippen MR) is 86.8 cm³/mol. The number of anilines is 1. The van der Waals surface area contributed by atoms with E-state index < -0.39 is 0 Å². The summed E-state index contributed by atoms with van der Waals surface area (Å²) in [6.45, 7) is 3.44. The summed E-state index contributed by atoms with van der Waals surface area (Å²) >= 11 is 6.99. The smallest absolute Gasteiger partial charge is 0.119 e. The maximum Gasteiger partial charge on any atom is 0.119 e. The Hall–Kier alpha value is -1.000. The minimum Gasteiger partial charge on any atom is -0.494 e. The van der Waals surface area contributed by atoms with Crippen molar-refractivity contribution < 1.29 is 4.74 Å². The molecule has 2 nitrogen and oxygen atoms in total. The number of nitrogens with one attached hydrogen (secondary N) is 1. The molecule has 0 spiro atoms. The van der Waals surface area contributed by atoms with E-state index in [1.165, 1.54) is 5.56 Å². The van der Waals surface area contributed by atoms with E-state index in [4.69, 9.17) is 4.74 Å². The summed E-state index contributed by atoms with van der Waals surface area (Å²) in [5, 5.41) is 3.40. The van der Waals surface area contributed by atoms with Gasteiger partial charge in [-0.05, 0) is 58.7 Å². The zero-order valence-electron chi connectivity index (χ0n) is 10.6. The van der Waals surface area contributed by atoms with Gasteiger partial charge in [0.05, 0.1) is 6.61 Å². The first-order valence-corrected chi connectivity index (χ1v) is 7.68. The third-order valence-corrected chi connectivity index (χ3v) is 3.77. The van der Waals surface area contributed by atoms with Crippen LogP contribution in [0.4, 0.5) is 5.69 Å². The Morgan fingerprint density at radius 3 is 2.68 bits per heavy atom. The van der Waals surface area contributed by atoms with Gasteiger partial charge in [0.15, 0.2) is 0 Å². The van der Waals surface area contributed by atoms with Crippen LogP contribution in [0.25, 0.3) is 0 Å². The van der Waals surface area contributed by atoms with Gasteiger partial charge in [-0.3, -0.25) is 0 Å². The summed E-state index contributed by atoms with van der Waals surface area (Å²) < 4.78 is 7.60. The van der Waals surface area contributed by atoms with Crippen LogP contribution >= 0.6 is 31.9 Å². The van der Waals surface area contributed by atoms with Gasteiger partial charge in [0.2, 0.25) is 0 Å². The molecule has 0 aliphatic carbocycles. The minimum atomic E-state index is 0.690. The van der Waals surface area contributed by atoms with Gasteiger partial charge in [-0.15, -0.1) is 0 Å². The van der Waals surface area contributed by atoms with Crippen LogP contribution < -0.4 is 10.1 Å². The van der Waals surface area contributed by atoms with Crippen molar-refractivity contribution in [1.82, 2.24) is 0 Å². The molecule has 0 radical (unpaired) electrons. The standard InChI is InChI=1S/C15H15Br2NO/c1-2-19-13-5-3-4-11(8-13)10-18-15-7-6-12(16)9-14(15)17/h3-9,18H,2,10H2,1H3. The van der Waals surface area contributed by atoms with Gasteiger partial charge in [-0.1, -0.05) is 28.1 Å². The summed E-state index contributed by atoms with van der Waals surface area (Å²) in [7, 11) is 0. The second kappa shape index (κ2) is 6.96. The third-order valence-electron chi connectivity index (χ3n) is 2.62. The van der Waals surface area contributed by atoms with Gasteiger partial charge in [0, 0.05) is 21.2 Å². The second-order valence-corrected chi connectivity index (χ2v) is 5.83. The van der Waals surface area contributed by atoms with Crippen LogP contribution in [0.3, 0.4) is 0 Å². The first-order chi connectivity index (χ1) is 9.19. The largest absolute Gasteiger partial charge is 0.494 e. The van der Waals surface area contributed by atoms with Crippen molar-refractivity contribution in [1.29, 1.82) is 0 Å². The Bertz CT molecular complexity index is 558. The van der Waals surface area contributed by atoms with E-state index in [1.54, 1.807) is 0 Å². The summed E-state index contributed by atoms with van der Waals surface area (Å²) in [6.07, 6.45) is 0. The normalized spacial score (nSPS) is 10.3. The van der Waals surface area contributed by atoms with Crippen molar-refractivity contribution in [3.05, 3.63) is 57.0 Å². The van der Waals surface area contributed by atoms with E-state index in [2.05, 4.69) is 49.3 Å². The molecule has 0 fully saturated rings. The van der Waals surface area contributed by atoms with Crippen LogP contribution in [0.15, 0.2) is 51.4 Å². The highest BCUT2D eigenvalue weighted by molar-refractivity contribution is 9.11. The molecule has 2 aromatic carbocycles. The van der Waals surface area contributed by atoms with Gasteiger partial charge in [0.1, 0.15) is 5.75 Å². The first-order valence-electron chi connectivity index (χ1n) is 6.09. The molecule has 0 amide bonds. The average Bonchev–Trinajstić information content (AvgIpc) is 2.38. The molecule has 0 saturated carbocycles. The second-order valence-electron chi connectivity index (χ2n) is 4.06. The minimum absolute atomic E-state index is 0.690. The van der Waals surface area contributed by atoms with Crippen LogP contribution in [0.5, 0.6) is 5.75 Å². The fraction of sp³-hybridized carbons (Fsp3) is 0.200. The lowest BCUT2D eigenvalue weighted by Crippen LogP contribution is -2.00. The SMILES string of the molecule is CCOc1cccc(CNc2ccc(Br)cc2Br)c1. The van der Waals surface area contributed by atoms with E-state index in [9.17, 15) is 0 Å². The predicted octanol–water partition coefficient (Wildman–Crippen LogP) is 5.22. The molecule has 1 N–H and O–H groups in total. The molecule has 0 bridgehead atoms. The van der Waals surface area contributed by atoms with Gasteiger partial charge in [-0.2, -0.15) is 0 Å². The van der Waals surface area contributed by atoms with E-state index in [0.29, 0.717) is 6.61 Å². The molecule has 19 heavy (non-hydrogen) atoms. The Labute approximate surface area is 130 Å². The van der Waals surface area contributed by atoms with Crippen molar-refractivity contribution in [2.45, 2.75) is 13.5 Å². The number of benzene rings is 2. The lowest BCUT2D eigenvalue weighted by Gasteiger charge is -2.10. The molecular formula is C15H15Br2NO. The van der Waals surface area contributed by atoms with Gasteiger partial charge < -0.3 is 10.1 Å². The number of rotatable bonds is 5. The number of ether oxygens (including phenoxy) is 1. The number of hydrogen-bond donors (Lipinski definition) is 1. The molecule has 0 atom stereocenters. The molecule has 4 heteroatoms. The van der Waals surface area contributed by atoms with Gasteiger partial charge >= 0.3 is 0 Å². The maximum absolute atomic E-state index is 5.49. The van der Waals surface area contributed by atoms with E-state index >= 15 is 0 Å². The highest BCUT2D eigenvalue weighted by Crippen LogP contribution is 2.26. The third kappa shape index (κ3) is 4.25. The summed E-state index contributed by atoms with van der Waals surface area (Å²) in [5.41, 5.74) is 2.27. The molecule has 2 aromatic rings. The molecule has 0 unspecified atom stereocenters. The average molecular weight is 385 g/mol. The zero-order chi connectivity index (χ0) is 13.7. The van der Waals surface area contributed by atoms with Crippen LogP contribution in [-0.2, 0) is 6.54 Å². The highest BCUT2D eigenvalue weighted by atomic mass is 79.9. The topological polar surface area (TPSA) is 21.3 Å². The van der Waals surface area contributed by atoms with E-state index in [0.717, 1.165) is 26.9 Å². The lowest BCUT2D eigenvalue weighted by atomic mass is 10.2. The molecule has 0 aromatic heterocycles. The first kappa shape index (κ1) is 14.4. The summed E-state index contributed by atoms with van der Waals surface area (Å²) in [5.74, 6) is 0.914. The molecular weight excluding hydrogens is 370 g/mol. The number of hydrogen-bond acceptors (Lipinski definition) is 2. The van der Waals surface area contributed by atoms with E-state index in [1.807, 2.05) is 37.3 Å². The molecule has 2 rings (SSSR count). The summed E-state index contributed by atoms with van der Waals surface area (Å²) in [4.78, 5) is 0. The Morgan fingerprint density at radius 1 is 1.11 bits per heavy atom. The van der Waals surface area contributed by atoms with Gasteiger partial charge in [-0.25, -0.2) is 0 Å². The quantitative estimate of drug-likeness (QED) is 0.762. The van der Waals surface area contributed by atoms with Gasteiger partial charge in [0.25, 0.3) is 0 Å². The highest BCUT2D eigenvalue weighted by Gasteiger charge is 2.01. The van der Waals surface area contributed by atoms with Crippen LogP contribution in [0.2, 0.25) is 0 Å².